The maximum atomic E-state index is 13.6. The fraction of sp³-hybridized carbons (Fsp3) is 0.320. The first-order chi connectivity index (χ1) is 16.5. The Morgan fingerprint density at radius 1 is 1.18 bits per heavy atom. The number of carbonyl (C=O) groups is 2. The number of nitrogens with zero attached hydrogens (tertiary/aromatic N) is 2. The maximum Gasteiger partial charge on any atom is 0.337 e. The van der Waals surface area contributed by atoms with Crippen LogP contribution in [-0.2, 0) is 14.3 Å². The van der Waals surface area contributed by atoms with Crippen molar-refractivity contribution in [3.63, 3.8) is 0 Å². The first kappa shape index (κ1) is 23.7. The van der Waals surface area contributed by atoms with Crippen LogP contribution in [0.1, 0.15) is 38.1 Å². The third-order valence-corrected chi connectivity index (χ3v) is 6.60. The number of rotatable bonds is 7. The summed E-state index contributed by atoms with van der Waals surface area (Å²) < 4.78 is 16.6. The number of nitrogens with one attached hydrogen (secondary N) is 1. The minimum atomic E-state index is -0.664. The summed E-state index contributed by atoms with van der Waals surface area (Å²) in [7, 11) is 1.34. The van der Waals surface area contributed by atoms with Crippen molar-refractivity contribution in [1.29, 1.82) is 0 Å². The van der Waals surface area contributed by atoms with E-state index in [0.29, 0.717) is 46.6 Å². The van der Waals surface area contributed by atoms with Crippen LogP contribution in [0, 0.1) is 0 Å². The zero-order chi connectivity index (χ0) is 24.2. The SMILES string of the molecule is CCOc1ccc(C2C(C(=O)OC)=C(C)NC3SC(=Cc4ccccn4)C(=O)N32)cc1OCC. The predicted octanol–water partition coefficient (Wildman–Crippen LogP) is 3.87. The van der Waals surface area contributed by atoms with Crippen molar-refractivity contribution in [2.75, 3.05) is 20.3 Å². The lowest BCUT2D eigenvalue weighted by Gasteiger charge is -2.39. The molecule has 0 aliphatic carbocycles. The third-order valence-electron chi connectivity index (χ3n) is 5.49. The van der Waals surface area contributed by atoms with E-state index in [1.54, 1.807) is 17.2 Å². The van der Waals surface area contributed by atoms with E-state index in [9.17, 15) is 9.59 Å². The smallest absolute Gasteiger partial charge is 0.337 e. The standard InChI is InChI=1S/C25H27N3O5S/c1-5-32-18-11-10-16(13-19(18)33-6-2)22-21(24(30)31-4)15(3)27-25-28(22)23(29)20(34-25)14-17-9-7-8-12-26-17/h7-14,22,25,27H,5-6H2,1-4H3. The Labute approximate surface area is 203 Å². The van der Waals surface area contributed by atoms with Gasteiger partial charge < -0.3 is 19.5 Å². The molecule has 3 heterocycles. The second kappa shape index (κ2) is 10.2. The first-order valence-electron chi connectivity index (χ1n) is 11.1. The molecule has 9 heteroatoms. The van der Waals surface area contributed by atoms with E-state index < -0.39 is 12.0 Å². The van der Waals surface area contributed by atoms with E-state index in [0.717, 1.165) is 5.56 Å². The fourth-order valence-corrected chi connectivity index (χ4v) is 5.25. The Morgan fingerprint density at radius 2 is 1.94 bits per heavy atom. The highest BCUT2D eigenvalue weighted by molar-refractivity contribution is 8.05. The van der Waals surface area contributed by atoms with E-state index in [1.165, 1.54) is 18.9 Å². The Morgan fingerprint density at radius 3 is 2.62 bits per heavy atom. The first-order valence-corrected chi connectivity index (χ1v) is 11.9. The van der Waals surface area contributed by atoms with E-state index in [1.807, 2.05) is 57.2 Å². The van der Waals surface area contributed by atoms with Crippen LogP contribution in [0.4, 0.5) is 0 Å². The molecular weight excluding hydrogens is 454 g/mol. The highest BCUT2D eigenvalue weighted by Crippen LogP contribution is 2.47. The topological polar surface area (TPSA) is 90.0 Å². The molecule has 0 spiro atoms. The maximum absolute atomic E-state index is 13.6. The number of esters is 1. The van der Waals surface area contributed by atoms with Crippen LogP contribution < -0.4 is 14.8 Å². The van der Waals surface area contributed by atoms with E-state index in [-0.39, 0.29) is 11.4 Å². The van der Waals surface area contributed by atoms with Gasteiger partial charge in [0.1, 0.15) is 0 Å². The molecule has 1 saturated heterocycles. The average molecular weight is 482 g/mol. The number of aromatic nitrogens is 1. The largest absolute Gasteiger partial charge is 0.490 e. The van der Waals surface area contributed by atoms with Gasteiger partial charge in [-0.1, -0.05) is 23.9 Å². The predicted molar refractivity (Wildman–Crippen MR) is 130 cm³/mol. The fourth-order valence-electron chi connectivity index (χ4n) is 4.05. The minimum absolute atomic E-state index is 0.195. The highest BCUT2D eigenvalue weighted by atomic mass is 32.2. The number of thioether (sulfide) groups is 1. The molecule has 2 atom stereocenters. The van der Waals surface area contributed by atoms with E-state index >= 15 is 0 Å². The van der Waals surface area contributed by atoms with Crippen molar-refractivity contribution in [1.82, 2.24) is 15.2 Å². The normalized spacial score (nSPS) is 20.8. The summed E-state index contributed by atoms with van der Waals surface area (Å²) in [5, 5.41) is 3.29. The van der Waals surface area contributed by atoms with Crippen molar-refractivity contribution in [2.24, 2.45) is 0 Å². The zero-order valence-electron chi connectivity index (χ0n) is 19.5. The summed E-state index contributed by atoms with van der Waals surface area (Å²) in [4.78, 5) is 33.0. The van der Waals surface area contributed by atoms with Gasteiger partial charge in [-0.15, -0.1) is 0 Å². The Hall–Kier alpha value is -3.46. The number of allylic oxidation sites excluding steroid dienone is 1. The summed E-state index contributed by atoms with van der Waals surface area (Å²) in [5.74, 6) is 0.471. The zero-order valence-corrected chi connectivity index (χ0v) is 20.3. The van der Waals surface area contributed by atoms with Gasteiger partial charge in [-0.2, -0.15) is 0 Å². The molecule has 1 fully saturated rings. The molecular formula is C25H27N3O5S. The number of pyridine rings is 1. The molecule has 8 nitrogen and oxygen atoms in total. The number of hydrogen-bond acceptors (Lipinski definition) is 8. The van der Waals surface area contributed by atoms with E-state index in [4.69, 9.17) is 14.2 Å². The molecule has 1 amide bonds. The molecule has 2 aliphatic rings. The van der Waals surface area contributed by atoms with Crippen LogP contribution in [0.25, 0.3) is 6.08 Å². The van der Waals surface area contributed by atoms with Gasteiger partial charge in [-0.05, 0) is 56.7 Å². The molecule has 0 radical (unpaired) electrons. The van der Waals surface area contributed by atoms with Crippen LogP contribution in [0.5, 0.6) is 11.5 Å². The molecule has 1 N–H and O–H groups in total. The number of carbonyl (C=O) groups excluding carboxylic acids is 2. The summed E-state index contributed by atoms with van der Waals surface area (Å²) in [5.41, 5.74) is 2.06. The lowest BCUT2D eigenvalue weighted by Crippen LogP contribution is -2.49. The molecule has 1 aromatic heterocycles. The monoisotopic (exact) mass is 481 g/mol. The summed E-state index contributed by atoms with van der Waals surface area (Å²) >= 11 is 1.39. The number of hydrogen-bond donors (Lipinski definition) is 1. The second-order valence-corrected chi connectivity index (χ2v) is 8.72. The number of amides is 1. The number of methoxy groups -OCH3 is 1. The van der Waals surface area contributed by atoms with Gasteiger partial charge >= 0.3 is 5.97 Å². The molecule has 4 rings (SSSR count). The molecule has 2 aromatic rings. The molecule has 34 heavy (non-hydrogen) atoms. The van der Waals surface area contributed by atoms with Gasteiger partial charge in [0, 0.05) is 11.9 Å². The van der Waals surface area contributed by atoms with Crippen molar-refractivity contribution < 1.29 is 23.8 Å². The van der Waals surface area contributed by atoms with Crippen LogP contribution in [0.15, 0.2) is 58.8 Å². The van der Waals surface area contributed by atoms with Crippen LogP contribution >= 0.6 is 11.8 Å². The van der Waals surface area contributed by atoms with Crippen LogP contribution in [0.3, 0.4) is 0 Å². The summed E-state index contributed by atoms with van der Waals surface area (Å²) in [6, 6.07) is 10.4. The van der Waals surface area contributed by atoms with Crippen LogP contribution in [0.2, 0.25) is 0 Å². The van der Waals surface area contributed by atoms with Gasteiger partial charge in [0.2, 0.25) is 0 Å². The molecule has 178 valence electrons. The van der Waals surface area contributed by atoms with Crippen molar-refractivity contribution in [2.45, 2.75) is 32.3 Å². The Kier molecular flexibility index (Phi) is 7.12. The van der Waals surface area contributed by atoms with Gasteiger partial charge in [0.05, 0.1) is 42.5 Å². The van der Waals surface area contributed by atoms with Gasteiger partial charge in [-0.3, -0.25) is 14.7 Å². The summed E-state index contributed by atoms with van der Waals surface area (Å²) in [6.45, 7) is 6.55. The molecule has 0 bridgehead atoms. The quantitative estimate of drug-likeness (QED) is 0.471. The number of fused-ring (bicyclic) bond motifs is 1. The lowest BCUT2D eigenvalue weighted by atomic mass is 9.93. The van der Waals surface area contributed by atoms with Crippen molar-refractivity contribution >= 4 is 29.7 Å². The number of ether oxygens (including phenoxy) is 3. The van der Waals surface area contributed by atoms with Crippen LogP contribution in [-0.4, -0.2) is 47.6 Å². The third kappa shape index (κ3) is 4.48. The lowest BCUT2D eigenvalue weighted by molar-refractivity contribution is -0.138. The van der Waals surface area contributed by atoms with Gasteiger partial charge in [-0.25, -0.2) is 4.79 Å². The van der Waals surface area contributed by atoms with Crippen molar-refractivity contribution in [3.05, 3.63) is 70.0 Å². The average Bonchev–Trinajstić information content (AvgIpc) is 3.14. The summed E-state index contributed by atoms with van der Waals surface area (Å²) in [6.07, 6.45) is 3.45. The Balaban J connectivity index is 1.81. The number of benzene rings is 1. The molecule has 2 unspecified atom stereocenters. The highest BCUT2D eigenvalue weighted by Gasteiger charge is 2.48. The second-order valence-electron chi connectivity index (χ2n) is 7.60. The van der Waals surface area contributed by atoms with Crippen molar-refractivity contribution in [3.8, 4) is 11.5 Å². The molecule has 2 aliphatic heterocycles. The Bertz CT molecular complexity index is 1150. The molecule has 1 aromatic carbocycles. The van der Waals surface area contributed by atoms with E-state index in [2.05, 4.69) is 10.3 Å². The van der Waals surface area contributed by atoms with Gasteiger partial charge in [0.15, 0.2) is 17.0 Å². The van der Waals surface area contributed by atoms with Gasteiger partial charge in [0.25, 0.3) is 5.91 Å². The minimum Gasteiger partial charge on any atom is -0.490 e. The molecule has 0 saturated carbocycles.